The summed E-state index contributed by atoms with van der Waals surface area (Å²) in [6, 6.07) is 27.0. The Hall–Kier alpha value is -3.18. The SMILES string of the molecule is CC1(C)O[C@H]2OC(C3C([N+](=O)[O-])C(c4ccccc4)ON3Cc3ccccc3)[C@@H](OCc3ccccc3)[C@H]2O1. The Morgan fingerprint density at radius 2 is 1.49 bits per heavy atom. The van der Waals surface area contributed by atoms with Gasteiger partial charge in [0.1, 0.15) is 24.4 Å². The summed E-state index contributed by atoms with van der Waals surface area (Å²) in [7, 11) is 0. The molecule has 0 amide bonds. The monoisotopic (exact) mass is 532 g/mol. The summed E-state index contributed by atoms with van der Waals surface area (Å²) in [4.78, 5) is 18.9. The second-order valence-electron chi connectivity index (χ2n) is 10.6. The maximum Gasteiger partial charge on any atom is 0.265 e. The molecule has 0 N–H and O–H groups in total. The molecule has 3 aromatic carbocycles. The van der Waals surface area contributed by atoms with Crippen LogP contribution in [0.25, 0.3) is 0 Å². The summed E-state index contributed by atoms with van der Waals surface area (Å²) in [6.07, 6.45) is -3.43. The standard InChI is InChI=1S/C30H32N2O7/c1-30(2)37-28-27(35-19-21-14-8-4-9-15-21)26(36-29(28)38-30)23-24(32(33)34)25(22-16-10-5-11-17-22)39-31(23)18-20-12-6-3-7-13-20/h3-17,23-29H,18-19H2,1-2H3/t23?,24?,25?,26?,27-,28-,29-/m1/s1. The van der Waals surface area contributed by atoms with Gasteiger partial charge < -0.3 is 18.9 Å². The highest BCUT2D eigenvalue weighted by Gasteiger charge is 2.64. The van der Waals surface area contributed by atoms with Crippen molar-refractivity contribution in [3.8, 4) is 0 Å². The lowest BCUT2D eigenvalue weighted by Gasteiger charge is -2.32. The highest BCUT2D eigenvalue weighted by molar-refractivity contribution is 5.22. The smallest absolute Gasteiger partial charge is 0.265 e. The zero-order chi connectivity index (χ0) is 27.0. The van der Waals surface area contributed by atoms with E-state index in [-0.39, 0.29) is 4.92 Å². The van der Waals surface area contributed by atoms with Crippen molar-refractivity contribution in [1.29, 1.82) is 0 Å². The number of nitrogens with zero attached hydrogens (tertiary/aromatic N) is 2. The lowest BCUT2D eigenvalue weighted by atomic mass is 9.91. The van der Waals surface area contributed by atoms with Crippen LogP contribution < -0.4 is 0 Å². The molecule has 3 aliphatic heterocycles. The Balaban J connectivity index is 1.36. The van der Waals surface area contributed by atoms with Gasteiger partial charge in [0, 0.05) is 11.5 Å². The average Bonchev–Trinajstić information content (AvgIpc) is 3.56. The van der Waals surface area contributed by atoms with Crippen molar-refractivity contribution in [2.24, 2.45) is 0 Å². The zero-order valence-electron chi connectivity index (χ0n) is 21.9. The van der Waals surface area contributed by atoms with E-state index in [1.54, 1.807) is 5.06 Å². The summed E-state index contributed by atoms with van der Waals surface area (Å²) < 4.78 is 25.2. The maximum atomic E-state index is 12.7. The van der Waals surface area contributed by atoms with Gasteiger partial charge in [-0.2, -0.15) is 5.06 Å². The van der Waals surface area contributed by atoms with Crippen LogP contribution in [0.3, 0.4) is 0 Å². The van der Waals surface area contributed by atoms with Gasteiger partial charge in [-0.05, 0) is 30.5 Å². The Bertz CT molecular complexity index is 1260. The molecule has 0 spiro atoms. The minimum atomic E-state index is -1.12. The number of nitro groups is 1. The molecule has 7 atom stereocenters. The van der Waals surface area contributed by atoms with Crippen molar-refractivity contribution >= 4 is 0 Å². The third-order valence-electron chi connectivity index (χ3n) is 7.44. The van der Waals surface area contributed by atoms with E-state index < -0.39 is 48.6 Å². The minimum absolute atomic E-state index is 0.259. The van der Waals surface area contributed by atoms with Gasteiger partial charge in [0.05, 0.1) is 6.61 Å². The number of fused-ring (bicyclic) bond motifs is 1. The van der Waals surface area contributed by atoms with Gasteiger partial charge in [0.15, 0.2) is 18.2 Å². The molecular formula is C30H32N2O7. The number of ether oxygens (including phenoxy) is 4. The van der Waals surface area contributed by atoms with E-state index in [1.807, 2.05) is 105 Å². The van der Waals surface area contributed by atoms with Crippen LogP contribution in [-0.4, -0.2) is 52.5 Å². The Morgan fingerprint density at radius 1 is 0.872 bits per heavy atom. The first kappa shape index (κ1) is 26.1. The maximum absolute atomic E-state index is 12.7. The van der Waals surface area contributed by atoms with Crippen LogP contribution in [0.1, 0.15) is 36.6 Å². The molecule has 3 aliphatic rings. The van der Waals surface area contributed by atoms with Gasteiger partial charge in [-0.25, -0.2) is 0 Å². The van der Waals surface area contributed by atoms with Crippen LogP contribution in [0.5, 0.6) is 0 Å². The van der Waals surface area contributed by atoms with Gasteiger partial charge in [-0.3, -0.25) is 15.0 Å². The zero-order valence-corrected chi connectivity index (χ0v) is 21.9. The summed E-state index contributed by atoms with van der Waals surface area (Å²) >= 11 is 0. The molecule has 204 valence electrons. The van der Waals surface area contributed by atoms with Gasteiger partial charge in [0.25, 0.3) is 6.04 Å². The average molecular weight is 533 g/mol. The molecular weight excluding hydrogens is 500 g/mol. The van der Waals surface area contributed by atoms with Gasteiger partial charge >= 0.3 is 0 Å². The van der Waals surface area contributed by atoms with Gasteiger partial charge in [0.2, 0.25) is 0 Å². The van der Waals surface area contributed by atoms with E-state index in [0.717, 1.165) is 16.7 Å². The van der Waals surface area contributed by atoms with Crippen molar-refractivity contribution in [3.05, 3.63) is 118 Å². The largest absolute Gasteiger partial charge is 0.368 e. The van der Waals surface area contributed by atoms with Crippen molar-refractivity contribution in [3.63, 3.8) is 0 Å². The van der Waals surface area contributed by atoms with Gasteiger partial charge in [-0.15, -0.1) is 0 Å². The molecule has 3 aromatic rings. The van der Waals surface area contributed by atoms with Crippen molar-refractivity contribution < 1.29 is 28.7 Å². The molecule has 0 saturated carbocycles. The second kappa shape index (κ2) is 10.8. The quantitative estimate of drug-likeness (QED) is 0.306. The van der Waals surface area contributed by atoms with Crippen LogP contribution in [0.2, 0.25) is 0 Å². The molecule has 9 heteroatoms. The highest BCUT2D eigenvalue weighted by Crippen LogP contribution is 2.46. The fraction of sp³-hybridized carbons (Fsp3) is 0.400. The van der Waals surface area contributed by atoms with Crippen LogP contribution in [0, 0.1) is 10.1 Å². The predicted octanol–water partition coefficient (Wildman–Crippen LogP) is 4.65. The first-order valence-corrected chi connectivity index (χ1v) is 13.2. The highest BCUT2D eigenvalue weighted by atomic mass is 16.8. The van der Waals surface area contributed by atoms with Crippen LogP contribution in [0.4, 0.5) is 0 Å². The Kier molecular flexibility index (Phi) is 7.20. The lowest BCUT2D eigenvalue weighted by Crippen LogP contribution is -2.53. The number of benzene rings is 3. The van der Waals surface area contributed by atoms with E-state index in [0.29, 0.717) is 13.2 Å². The van der Waals surface area contributed by atoms with Crippen LogP contribution >= 0.6 is 0 Å². The molecule has 3 heterocycles. The normalized spacial score (nSPS) is 31.8. The number of hydrogen-bond acceptors (Lipinski definition) is 8. The van der Waals surface area contributed by atoms with Crippen LogP contribution in [0.15, 0.2) is 91.0 Å². The van der Waals surface area contributed by atoms with E-state index in [4.69, 9.17) is 23.8 Å². The first-order chi connectivity index (χ1) is 18.9. The van der Waals surface area contributed by atoms with E-state index in [9.17, 15) is 10.1 Å². The number of rotatable bonds is 8. The van der Waals surface area contributed by atoms with Gasteiger partial charge in [-0.1, -0.05) is 91.0 Å². The molecule has 0 aromatic heterocycles. The summed E-state index contributed by atoms with van der Waals surface area (Å²) in [6.45, 7) is 4.29. The minimum Gasteiger partial charge on any atom is -0.368 e. The van der Waals surface area contributed by atoms with Crippen molar-refractivity contribution in [1.82, 2.24) is 5.06 Å². The third kappa shape index (κ3) is 5.34. The van der Waals surface area contributed by atoms with E-state index in [1.165, 1.54) is 0 Å². The van der Waals surface area contributed by atoms with E-state index >= 15 is 0 Å². The number of hydroxylamine groups is 2. The molecule has 3 saturated heterocycles. The third-order valence-corrected chi connectivity index (χ3v) is 7.44. The molecule has 0 aliphatic carbocycles. The molecule has 3 fully saturated rings. The summed E-state index contributed by atoms with van der Waals surface area (Å²) in [5, 5.41) is 14.4. The van der Waals surface area contributed by atoms with E-state index in [2.05, 4.69) is 0 Å². The fourth-order valence-electron chi connectivity index (χ4n) is 5.76. The second-order valence-corrected chi connectivity index (χ2v) is 10.6. The van der Waals surface area contributed by atoms with Crippen LogP contribution in [-0.2, 0) is 36.9 Å². The Morgan fingerprint density at radius 3 is 2.13 bits per heavy atom. The van der Waals surface area contributed by atoms with Crippen molar-refractivity contribution in [2.75, 3.05) is 0 Å². The summed E-state index contributed by atoms with van der Waals surface area (Å²) in [5.74, 6) is -0.861. The molecule has 6 rings (SSSR count). The molecule has 39 heavy (non-hydrogen) atoms. The van der Waals surface area contributed by atoms with Crippen molar-refractivity contribution in [2.45, 2.75) is 75.6 Å². The predicted molar refractivity (Wildman–Crippen MR) is 141 cm³/mol. The molecule has 9 nitrogen and oxygen atoms in total. The molecule has 4 unspecified atom stereocenters. The summed E-state index contributed by atoms with van der Waals surface area (Å²) in [5.41, 5.74) is 2.68. The topological polar surface area (TPSA) is 92.5 Å². The fourth-order valence-corrected chi connectivity index (χ4v) is 5.76. The lowest BCUT2D eigenvalue weighted by molar-refractivity contribution is -0.533. The number of hydrogen-bond donors (Lipinski definition) is 0. The molecule has 0 radical (unpaired) electrons. The first-order valence-electron chi connectivity index (χ1n) is 13.2. The Labute approximate surface area is 227 Å². The molecule has 0 bridgehead atoms.